The molecule has 0 radical (unpaired) electrons. The molecular weight excluding hydrogens is 372 g/mol. The highest BCUT2D eigenvalue weighted by Gasteiger charge is 2.55. The Kier molecular flexibility index (Phi) is 5.40. The van der Waals surface area contributed by atoms with Crippen LogP contribution in [0, 0.1) is 17.8 Å². The number of methoxy groups -OCH3 is 1. The van der Waals surface area contributed by atoms with Crippen molar-refractivity contribution in [2.45, 2.75) is 25.3 Å². The molecule has 3 aliphatic rings. The van der Waals surface area contributed by atoms with E-state index in [4.69, 9.17) is 4.74 Å². The maximum atomic E-state index is 13.4. The van der Waals surface area contributed by atoms with Gasteiger partial charge in [-0.15, -0.1) is 0 Å². The van der Waals surface area contributed by atoms with E-state index in [0.29, 0.717) is 19.5 Å². The quantitative estimate of drug-likeness (QED) is 0.392. The molecular formula is C21H30N4O4. The van der Waals surface area contributed by atoms with Gasteiger partial charge in [-0.3, -0.25) is 14.8 Å². The topological polar surface area (TPSA) is 104 Å². The van der Waals surface area contributed by atoms with Crippen molar-refractivity contribution < 1.29 is 19.5 Å². The van der Waals surface area contributed by atoms with Crippen LogP contribution in [0.25, 0.3) is 0 Å². The van der Waals surface area contributed by atoms with E-state index in [1.807, 2.05) is 36.1 Å². The molecule has 2 heterocycles. The van der Waals surface area contributed by atoms with Gasteiger partial charge in [0.2, 0.25) is 11.8 Å². The Balaban J connectivity index is 1.43. The van der Waals surface area contributed by atoms with Crippen molar-refractivity contribution in [1.29, 1.82) is 0 Å². The number of hydrogen-bond acceptors (Lipinski definition) is 6. The minimum Gasteiger partial charge on any atom is -0.497 e. The molecule has 0 bridgehead atoms. The molecule has 29 heavy (non-hydrogen) atoms. The largest absolute Gasteiger partial charge is 0.497 e. The van der Waals surface area contributed by atoms with Crippen molar-refractivity contribution in [3.63, 3.8) is 0 Å². The lowest BCUT2D eigenvalue weighted by atomic mass is 9.67. The number of piperazine rings is 1. The predicted octanol–water partition coefficient (Wildman–Crippen LogP) is 0.854. The van der Waals surface area contributed by atoms with Gasteiger partial charge in [-0.25, -0.2) is 5.48 Å². The number of benzene rings is 1. The number of ether oxygens (including phenoxy) is 1. The Morgan fingerprint density at radius 1 is 1.24 bits per heavy atom. The summed E-state index contributed by atoms with van der Waals surface area (Å²) in [5, 5.41) is 12.6. The van der Waals surface area contributed by atoms with Crippen LogP contribution in [-0.4, -0.2) is 67.3 Å². The number of hydroxylamine groups is 1. The lowest BCUT2D eigenvalue weighted by Crippen LogP contribution is -2.55. The fraction of sp³-hybridized carbons (Fsp3) is 0.619. The smallest absolute Gasteiger partial charge is 0.247 e. The second kappa shape index (κ2) is 7.84. The van der Waals surface area contributed by atoms with Crippen LogP contribution in [0.5, 0.6) is 5.75 Å². The van der Waals surface area contributed by atoms with E-state index in [1.165, 1.54) is 0 Å². The third kappa shape index (κ3) is 3.91. The van der Waals surface area contributed by atoms with Crippen LogP contribution < -0.4 is 20.4 Å². The van der Waals surface area contributed by atoms with E-state index < -0.39 is 17.7 Å². The van der Waals surface area contributed by atoms with Gasteiger partial charge in [0.15, 0.2) is 0 Å². The van der Waals surface area contributed by atoms with Crippen molar-refractivity contribution in [2.75, 3.05) is 44.7 Å². The van der Waals surface area contributed by atoms with E-state index in [9.17, 15) is 14.8 Å². The lowest BCUT2D eigenvalue weighted by molar-refractivity contribution is -0.150. The monoisotopic (exact) mass is 402 g/mol. The number of rotatable bonds is 4. The van der Waals surface area contributed by atoms with Crippen molar-refractivity contribution >= 4 is 17.5 Å². The average molecular weight is 402 g/mol. The Bertz CT molecular complexity index is 774. The maximum absolute atomic E-state index is 13.4. The standard InChI is InChI=1S/C21H30N4O4/c1-14-11-21(13-22-21)12-17(19(26)23-28)18(14)20(27)25-8-6-24(7-9-25)15-4-3-5-16(10-15)29-2/h3-5,10,14,17-18,22,28H,6-9,11-13H2,1-2H3,(H,23,26). The van der Waals surface area contributed by atoms with Gasteiger partial charge in [-0.2, -0.15) is 0 Å². The summed E-state index contributed by atoms with van der Waals surface area (Å²) in [4.78, 5) is 29.8. The Morgan fingerprint density at radius 3 is 2.59 bits per heavy atom. The van der Waals surface area contributed by atoms with E-state index in [-0.39, 0.29) is 17.4 Å². The molecule has 8 nitrogen and oxygen atoms in total. The third-order valence-electron chi connectivity index (χ3n) is 6.79. The molecule has 2 aliphatic heterocycles. The SMILES string of the molecule is COc1cccc(N2CCN(C(=O)C3C(C)CC4(CN4)CC3C(=O)NO)CC2)c1. The van der Waals surface area contributed by atoms with Gasteiger partial charge in [0.05, 0.1) is 18.9 Å². The van der Waals surface area contributed by atoms with Gasteiger partial charge < -0.3 is 19.9 Å². The number of amides is 2. The van der Waals surface area contributed by atoms with Crippen molar-refractivity contribution in [1.82, 2.24) is 15.7 Å². The van der Waals surface area contributed by atoms with Crippen molar-refractivity contribution in [3.8, 4) is 5.75 Å². The summed E-state index contributed by atoms with van der Waals surface area (Å²) in [5.41, 5.74) is 2.85. The molecule has 3 fully saturated rings. The molecule has 0 aromatic heterocycles. The number of carbonyl (C=O) groups is 2. The summed E-state index contributed by atoms with van der Waals surface area (Å²) in [5.74, 6) is -0.395. The summed E-state index contributed by atoms with van der Waals surface area (Å²) < 4.78 is 5.31. The summed E-state index contributed by atoms with van der Waals surface area (Å²) >= 11 is 0. The van der Waals surface area contributed by atoms with Crippen molar-refractivity contribution in [3.05, 3.63) is 24.3 Å². The molecule has 1 aromatic rings. The molecule has 4 atom stereocenters. The summed E-state index contributed by atoms with van der Waals surface area (Å²) in [6, 6.07) is 7.94. The minimum absolute atomic E-state index is 0.0293. The fourth-order valence-corrected chi connectivity index (χ4v) is 5.14. The zero-order valence-electron chi connectivity index (χ0n) is 17.1. The summed E-state index contributed by atoms with van der Waals surface area (Å²) in [6.07, 6.45) is 1.49. The zero-order chi connectivity index (χ0) is 20.6. The number of carbonyl (C=O) groups excluding carboxylic acids is 2. The van der Waals surface area contributed by atoms with Gasteiger partial charge in [0.1, 0.15) is 5.75 Å². The molecule has 2 amide bonds. The minimum atomic E-state index is -0.498. The molecule has 158 valence electrons. The summed E-state index contributed by atoms with van der Waals surface area (Å²) in [6.45, 7) is 5.65. The molecule has 4 rings (SSSR count). The first-order valence-corrected chi connectivity index (χ1v) is 10.3. The highest BCUT2D eigenvalue weighted by molar-refractivity contribution is 5.88. The highest BCUT2D eigenvalue weighted by atomic mass is 16.5. The molecule has 1 aliphatic carbocycles. The Morgan fingerprint density at radius 2 is 1.97 bits per heavy atom. The lowest BCUT2D eigenvalue weighted by Gasteiger charge is -2.43. The third-order valence-corrected chi connectivity index (χ3v) is 6.79. The van der Waals surface area contributed by atoms with E-state index in [1.54, 1.807) is 12.6 Å². The van der Waals surface area contributed by atoms with E-state index >= 15 is 0 Å². The number of anilines is 1. The van der Waals surface area contributed by atoms with Crippen molar-refractivity contribution in [2.24, 2.45) is 17.8 Å². The number of hydrogen-bond donors (Lipinski definition) is 3. The van der Waals surface area contributed by atoms with Gasteiger partial charge in [0, 0.05) is 50.0 Å². The molecule has 1 aromatic carbocycles. The Hall–Kier alpha value is -2.32. The molecule has 3 N–H and O–H groups in total. The molecule has 1 saturated carbocycles. The van der Waals surface area contributed by atoms with Crippen LogP contribution in [0.15, 0.2) is 24.3 Å². The maximum Gasteiger partial charge on any atom is 0.247 e. The first-order valence-electron chi connectivity index (χ1n) is 10.3. The second-order valence-corrected chi connectivity index (χ2v) is 8.64. The van der Waals surface area contributed by atoms with Crippen LogP contribution in [0.3, 0.4) is 0 Å². The first-order chi connectivity index (χ1) is 14.0. The molecule has 2 saturated heterocycles. The normalized spacial score (nSPS) is 31.5. The first kappa shape index (κ1) is 20.0. The van der Waals surface area contributed by atoms with Crippen LogP contribution in [-0.2, 0) is 9.59 Å². The van der Waals surface area contributed by atoms with E-state index in [0.717, 1.165) is 37.5 Å². The summed E-state index contributed by atoms with van der Waals surface area (Å²) in [7, 11) is 1.65. The molecule has 8 heteroatoms. The number of nitrogens with one attached hydrogen (secondary N) is 2. The van der Waals surface area contributed by atoms with Crippen LogP contribution >= 0.6 is 0 Å². The highest BCUT2D eigenvalue weighted by Crippen LogP contribution is 2.45. The fourth-order valence-electron chi connectivity index (χ4n) is 5.14. The van der Waals surface area contributed by atoms with Crippen LogP contribution in [0.1, 0.15) is 19.8 Å². The Labute approximate surface area is 171 Å². The van der Waals surface area contributed by atoms with Gasteiger partial charge in [-0.05, 0) is 30.9 Å². The van der Waals surface area contributed by atoms with E-state index in [2.05, 4.69) is 10.2 Å². The number of nitrogens with zero attached hydrogens (tertiary/aromatic N) is 2. The zero-order valence-corrected chi connectivity index (χ0v) is 17.1. The van der Waals surface area contributed by atoms with Gasteiger partial charge >= 0.3 is 0 Å². The van der Waals surface area contributed by atoms with Crippen LogP contribution in [0.2, 0.25) is 0 Å². The van der Waals surface area contributed by atoms with Crippen LogP contribution in [0.4, 0.5) is 5.69 Å². The molecule has 1 spiro atoms. The second-order valence-electron chi connectivity index (χ2n) is 8.64. The molecule has 4 unspecified atom stereocenters. The predicted molar refractivity (Wildman–Crippen MR) is 108 cm³/mol. The van der Waals surface area contributed by atoms with Gasteiger partial charge in [-0.1, -0.05) is 13.0 Å². The average Bonchev–Trinajstić information content (AvgIpc) is 3.50. The van der Waals surface area contributed by atoms with Gasteiger partial charge in [0.25, 0.3) is 0 Å².